The number of amides is 4. The molecule has 0 saturated carbocycles. The fourth-order valence-corrected chi connectivity index (χ4v) is 5.73. The summed E-state index contributed by atoms with van der Waals surface area (Å²) in [6, 6.07) is 7.57. The van der Waals surface area contributed by atoms with Crippen molar-refractivity contribution in [3.8, 4) is 0 Å². The van der Waals surface area contributed by atoms with Gasteiger partial charge in [0.2, 0.25) is 5.91 Å². The van der Waals surface area contributed by atoms with Gasteiger partial charge in [0, 0.05) is 45.8 Å². The van der Waals surface area contributed by atoms with E-state index in [1.54, 1.807) is 25.7 Å². The third-order valence-corrected chi connectivity index (χ3v) is 8.78. The van der Waals surface area contributed by atoms with E-state index < -0.39 is 38.0 Å². The molecule has 0 bridgehead atoms. The third kappa shape index (κ3) is 6.81. The molecule has 214 valence electrons. The van der Waals surface area contributed by atoms with Crippen LogP contribution in [0.5, 0.6) is 0 Å². The zero-order chi connectivity index (χ0) is 28.5. The molecule has 2 aliphatic heterocycles. The molecule has 0 spiro atoms. The lowest BCUT2D eigenvalue weighted by atomic mass is 10.0. The maximum absolute atomic E-state index is 15.4. The summed E-state index contributed by atoms with van der Waals surface area (Å²) in [5.41, 5.74) is 0.838. The van der Waals surface area contributed by atoms with Gasteiger partial charge < -0.3 is 18.9 Å². The van der Waals surface area contributed by atoms with Crippen LogP contribution < -0.4 is 4.90 Å². The van der Waals surface area contributed by atoms with Crippen molar-refractivity contribution in [3.05, 3.63) is 30.5 Å². The minimum Gasteiger partial charge on any atom is -0.444 e. The molecule has 0 N–H and O–H groups in total. The summed E-state index contributed by atoms with van der Waals surface area (Å²) < 4.78 is 28.5. The maximum Gasteiger partial charge on any atom is 0.410 e. The second-order valence-corrected chi connectivity index (χ2v) is 18.2. The number of ether oxygens (including phenoxy) is 2. The highest BCUT2D eigenvalue weighted by Crippen LogP contribution is 2.35. The van der Waals surface area contributed by atoms with E-state index in [2.05, 4.69) is 19.6 Å². The fourth-order valence-electron chi connectivity index (χ4n) is 4.97. The van der Waals surface area contributed by atoms with Crippen LogP contribution in [0.4, 0.5) is 19.7 Å². The molecule has 2 atom stereocenters. The van der Waals surface area contributed by atoms with Crippen molar-refractivity contribution >= 4 is 42.7 Å². The van der Waals surface area contributed by atoms with E-state index in [0.29, 0.717) is 25.3 Å². The normalized spacial score (nSPS) is 21.2. The highest BCUT2D eigenvalue weighted by atomic mass is 28.3. The predicted octanol–water partition coefficient (Wildman–Crippen LogP) is 5.63. The number of likely N-dealkylation sites (tertiary alicyclic amines) is 1. The molecule has 2 aliphatic rings. The zero-order valence-corrected chi connectivity index (χ0v) is 24.9. The van der Waals surface area contributed by atoms with Crippen molar-refractivity contribution in [2.45, 2.75) is 77.1 Å². The van der Waals surface area contributed by atoms with Crippen molar-refractivity contribution < 1.29 is 28.2 Å². The van der Waals surface area contributed by atoms with Gasteiger partial charge in [0.1, 0.15) is 18.5 Å². The molecule has 1 aromatic heterocycles. The molecule has 4 rings (SSSR count). The van der Waals surface area contributed by atoms with Crippen LogP contribution in [0, 0.1) is 0 Å². The van der Waals surface area contributed by atoms with Gasteiger partial charge in [0.05, 0.1) is 23.8 Å². The van der Waals surface area contributed by atoms with E-state index in [1.807, 2.05) is 35.0 Å². The lowest BCUT2D eigenvalue weighted by Gasteiger charge is -2.36. The number of nitrogens with zero attached hydrogens (tertiary/aromatic N) is 4. The van der Waals surface area contributed by atoms with Gasteiger partial charge in [0.25, 0.3) is 0 Å². The van der Waals surface area contributed by atoms with Gasteiger partial charge in [-0.1, -0.05) is 25.7 Å². The first-order chi connectivity index (χ1) is 18.2. The van der Waals surface area contributed by atoms with Gasteiger partial charge in [-0.05, 0) is 51.4 Å². The number of benzene rings is 1. The summed E-state index contributed by atoms with van der Waals surface area (Å²) in [4.78, 5) is 42.6. The van der Waals surface area contributed by atoms with Crippen molar-refractivity contribution in [2.75, 3.05) is 37.9 Å². The molecule has 9 nitrogen and oxygen atoms in total. The predicted molar refractivity (Wildman–Crippen MR) is 151 cm³/mol. The van der Waals surface area contributed by atoms with Crippen LogP contribution in [-0.4, -0.2) is 85.2 Å². The summed E-state index contributed by atoms with van der Waals surface area (Å²) >= 11 is 0. The fraction of sp³-hybridized carbons (Fsp3) is 0.607. The van der Waals surface area contributed by atoms with Gasteiger partial charge in [-0.2, -0.15) is 0 Å². The summed E-state index contributed by atoms with van der Waals surface area (Å²) in [7, 11) is -1.29. The third-order valence-electron chi connectivity index (χ3n) is 7.08. The number of piperidine rings is 1. The van der Waals surface area contributed by atoms with Crippen LogP contribution in [0.2, 0.25) is 25.7 Å². The second kappa shape index (κ2) is 11.3. The summed E-state index contributed by atoms with van der Waals surface area (Å²) in [6.45, 7) is 13.2. The highest BCUT2D eigenvalue weighted by molar-refractivity contribution is 6.76. The van der Waals surface area contributed by atoms with Gasteiger partial charge in [0.15, 0.2) is 0 Å². The lowest BCUT2D eigenvalue weighted by molar-refractivity contribution is -0.133. The molecular formula is C28H41FN4O5Si. The molecule has 2 fully saturated rings. The van der Waals surface area contributed by atoms with Crippen LogP contribution >= 0.6 is 0 Å². The topological polar surface area (TPSA) is 84.3 Å². The smallest absolute Gasteiger partial charge is 0.410 e. The Balaban J connectivity index is 1.49. The van der Waals surface area contributed by atoms with Crippen molar-refractivity contribution in [1.82, 2.24) is 14.4 Å². The number of aromatic nitrogens is 1. The van der Waals surface area contributed by atoms with Crippen LogP contribution in [0.25, 0.3) is 10.9 Å². The molecule has 3 heterocycles. The number of fused-ring (bicyclic) bond motifs is 1. The number of carbonyl (C=O) groups is 3. The monoisotopic (exact) mass is 560 g/mol. The number of urea groups is 1. The largest absolute Gasteiger partial charge is 0.444 e. The van der Waals surface area contributed by atoms with Crippen LogP contribution in [-0.2, 0) is 14.3 Å². The van der Waals surface area contributed by atoms with Gasteiger partial charge in [-0.15, -0.1) is 0 Å². The molecular weight excluding hydrogens is 519 g/mol. The number of hydrogen-bond acceptors (Lipinski definition) is 5. The number of halogens is 1. The van der Waals surface area contributed by atoms with E-state index in [0.717, 1.165) is 16.9 Å². The van der Waals surface area contributed by atoms with Gasteiger partial charge in [-0.25, -0.2) is 18.9 Å². The molecule has 1 aromatic carbocycles. The van der Waals surface area contributed by atoms with E-state index in [9.17, 15) is 14.4 Å². The summed E-state index contributed by atoms with van der Waals surface area (Å²) in [6.07, 6.45) is 0.703. The number of anilines is 1. The van der Waals surface area contributed by atoms with Crippen LogP contribution in [0.3, 0.4) is 0 Å². The molecule has 4 amide bonds. The SMILES string of the molecule is CC(C)(C)OC(=O)N1CC[C@@H](n2ccc3c(N4CCC(=O)N(COCC[Si](C)(C)C)C4=O)cccc32)[C@H](F)C1. The van der Waals surface area contributed by atoms with Gasteiger partial charge in [-0.3, -0.25) is 9.69 Å². The average Bonchev–Trinajstić information content (AvgIpc) is 3.26. The molecule has 0 unspecified atom stereocenters. The van der Waals surface area contributed by atoms with Crippen molar-refractivity contribution in [3.63, 3.8) is 0 Å². The number of rotatable bonds is 7. The van der Waals surface area contributed by atoms with Crippen LogP contribution in [0.1, 0.15) is 39.7 Å². The van der Waals surface area contributed by atoms with Gasteiger partial charge >= 0.3 is 12.1 Å². The molecule has 2 aromatic rings. The summed E-state index contributed by atoms with van der Waals surface area (Å²) in [5.74, 6) is -0.244. The van der Waals surface area contributed by atoms with Crippen LogP contribution in [0.15, 0.2) is 30.5 Å². The Bertz CT molecular complexity index is 1220. The Morgan fingerprint density at radius 2 is 1.87 bits per heavy atom. The second-order valence-electron chi connectivity index (χ2n) is 12.6. The van der Waals surface area contributed by atoms with E-state index in [4.69, 9.17) is 9.47 Å². The summed E-state index contributed by atoms with van der Waals surface area (Å²) in [5, 5.41) is 0.807. The maximum atomic E-state index is 15.4. The minimum absolute atomic E-state index is 0.0433. The van der Waals surface area contributed by atoms with E-state index in [1.165, 1.54) is 9.80 Å². The Hall–Kier alpha value is -2.92. The first-order valence-corrected chi connectivity index (χ1v) is 17.4. The molecule has 0 aliphatic carbocycles. The standard InChI is InChI=1S/C28H41FN4O5Si/c1-28(2,3)38-27(36)30-13-11-24(21(29)18-30)31-14-10-20-22(31)8-7-9-23(20)32-15-12-25(34)33(26(32)35)19-37-16-17-39(4,5)6/h7-10,14,21,24H,11-13,15-19H2,1-6H3/t21-,24-/m1/s1. The minimum atomic E-state index is -1.29. The quantitative estimate of drug-likeness (QED) is 0.324. The Morgan fingerprint density at radius 1 is 1.13 bits per heavy atom. The molecule has 2 saturated heterocycles. The Labute approximate surface area is 230 Å². The molecule has 0 radical (unpaired) electrons. The van der Waals surface area contributed by atoms with E-state index in [-0.39, 0.29) is 32.1 Å². The Kier molecular flexibility index (Phi) is 8.41. The Morgan fingerprint density at radius 3 is 2.54 bits per heavy atom. The van der Waals surface area contributed by atoms with Crippen molar-refractivity contribution in [1.29, 1.82) is 0 Å². The number of carbonyl (C=O) groups excluding carboxylic acids is 3. The lowest BCUT2D eigenvalue weighted by Crippen LogP contribution is -2.53. The molecule has 11 heteroatoms. The number of alkyl halides is 1. The molecule has 39 heavy (non-hydrogen) atoms. The number of imide groups is 1. The first kappa shape index (κ1) is 29.1. The van der Waals surface area contributed by atoms with Crippen molar-refractivity contribution in [2.24, 2.45) is 0 Å². The van der Waals surface area contributed by atoms with E-state index >= 15 is 4.39 Å². The first-order valence-electron chi connectivity index (χ1n) is 13.7. The zero-order valence-electron chi connectivity index (χ0n) is 23.9. The average molecular weight is 561 g/mol. The highest BCUT2D eigenvalue weighted by Gasteiger charge is 2.37. The number of hydrogen-bond donors (Lipinski definition) is 0.